The maximum atomic E-state index is 12.0. The van der Waals surface area contributed by atoms with Crippen LogP contribution in [0.2, 0.25) is 0 Å². The number of carbonyl (C=O) groups is 4. The van der Waals surface area contributed by atoms with Gasteiger partial charge in [-0.1, -0.05) is 12.1 Å². The van der Waals surface area contributed by atoms with Crippen LogP contribution in [0.15, 0.2) is 29.2 Å². The van der Waals surface area contributed by atoms with Crippen LogP contribution in [0.1, 0.15) is 23.2 Å². The zero-order valence-corrected chi connectivity index (χ0v) is 15.4. The fraction of sp³-hybridized carbons (Fsp3) is 0.412. The second-order valence-electron chi connectivity index (χ2n) is 5.24. The lowest BCUT2D eigenvalue weighted by Gasteiger charge is -2.15. The molecule has 136 valence electrons. The number of hydrogen-bond donors (Lipinski definition) is 1. The number of carbonyl (C=O) groups excluding carboxylic acids is 4. The van der Waals surface area contributed by atoms with Crippen LogP contribution in [0.4, 0.5) is 0 Å². The topological polar surface area (TPSA) is 92.8 Å². The van der Waals surface area contributed by atoms with Crippen molar-refractivity contribution in [2.24, 2.45) is 0 Å². The molecule has 0 saturated carbocycles. The summed E-state index contributed by atoms with van der Waals surface area (Å²) in [6.45, 7) is -0.569. The van der Waals surface area contributed by atoms with Crippen LogP contribution in [0.3, 0.4) is 0 Å². The Labute approximate surface area is 151 Å². The van der Waals surface area contributed by atoms with E-state index in [9.17, 15) is 19.2 Å². The van der Waals surface area contributed by atoms with Crippen molar-refractivity contribution in [1.29, 1.82) is 0 Å². The lowest BCUT2D eigenvalue weighted by atomic mass is 10.1. The molecule has 25 heavy (non-hydrogen) atoms. The van der Waals surface area contributed by atoms with Gasteiger partial charge >= 0.3 is 5.97 Å². The number of likely N-dealkylation sites (N-methyl/N-ethyl adjacent to an activating group) is 2. The van der Waals surface area contributed by atoms with E-state index in [0.29, 0.717) is 5.56 Å². The minimum Gasteiger partial charge on any atom is -0.456 e. The SMILES string of the molecule is CNC(=O)CN(C)C(=O)COC(=O)CCC(=O)c1ccc(SC)cc1. The minimum atomic E-state index is -0.629. The van der Waals surface area contributed by atoms with Gasteiger partial charge in [0.15, 0.2) is 12.4 Å². The minimum absolute atomic E-state index is 0.0136. The molecule has 0 heterocycles. The van der Waals surface area contributed by atoms with Crippen molar-refractivity contribution in [2.45, 2.75) is 17.7 Å². The van der Waals surface area contributed by atoms with Crippen molar-refractivity contribution >= 4 is 35.3 Å². The molecule has 2 amide bonds. The lowest BCUT2D eigenvalue weighted by molar-refractivity contribution is -0.151. The highest BCUT2D eigenvalue weighted by Gasteiger charge is 2.15. The summed E-state index contributed by atoms with van der Waals surface area (Å²) in [6.07, 6.45) is 1.86. The third-order valence-electron chi connectivity index (χ3n) is 3.41. The van der Waals surface area contributed by atoms with E-state index in [-0.39, 0.29) is 31.1 Å². The van der Waals surface area contributed by atoms with E-state index in [4.69, 9.17) is 4.74 Å². The predicted octanol–water partition coefficient (Wildman–Crippen LogP) is 1.12. The van der Waals surface area contributed by atoms with Crippen molar-refractivity contribution in [3.63, 3.8) is 0 Å². The molecule has 0 atom stereocenters. The number of ether oxygens (including phenoxy) is 1. The number of esters is 1. The summed E-state index contributed by atoms with van der Waals surface area (Å²) in [5.74, 6) is -1.60. The normalized spacial score (nSPS) is 10.0. The lowest BCUT2D eigenvalue weighted by Crippen LogP contribution is -2.39. The number of amides is 2. The van der Waals surface area contributed by atoms with Crippen molar-refractivity contribution in [1.82, 2.24) is 10.2 Å². The Kier molecular flexibility index (Phi) is 8.69. The number of Topliss-reactive ketones (excluding diaryl/α,β-unsaturated/α-hetero) is 1. The molecule has 0 unspecified atom stereocenters. The first-order chi connectivity index (χ1) is 11.9. The molecule has 0 aliphatic rings. The molecular formula is C17H22N2O5S. The molecule has 0 saturated heterocycles. The number of nitrogens with one attached hydrogen (secondary N) is 1. The molecule has 7 nitrogen and oxygen atoms in total. The quantitative estimate of drug-likeness (QED) is 0.400. The first-order valence-corrected chi connectivity index (χ1v) is 8.87. The molecule has 1 N–H and O–H groups in total. The van der Waals surface area contributed by atoms with E-state index in [1.54, 1.807) is 23.9 Å². The van der Waals surface area contributed by atoms with Crippen LogP contribution in [0, 0.1) is 0 Å². The van der Waals surface area contributed by atoms with Crippen LogP contribution >= 0.6 is 11.8 Å². The van der Waals surface area contributed by atoms with E-state index in [0.717, 1.165) is 9.80 Å². The average molecular weight is 366 g/mol. The van der Waals surface area contributed by atoms with Crippen LogP contribution in [0.25, 0.3) is 0 Å². The highest BCUT2D eigenvalue weighted by atomic mass is 32.2. The van der Waals surface area contributed by atoms with Crippen LogP contribution in [0.5, 0.6) is 0 Å². The van der Waals surface area contributed by atoms with Crippen molar-refractivity contribution in [2.75, 3.05) is 33.5 Å². The summed E-state index contributed by atoms with van der Waals surface area (Å²) in [6, 6.07) is 7.13. The van der Waals surface area contributed by atoms with Crippen molar-refractivity contribution in [3.05, 3.63) is 29.8 Å². The van der Waals surface area contributed by atoms with E-state index in [2.05, 4.69) is 5.32 Å². The largest absolute Gasteiger partial charge is 0.456 e. The Morgan fingerprint density at radius 3 is 2.32 bits per heavy atom. The predicted molar refractivity (Wildman–Crippen MR) is 94.5 cm³/mol. The molecule has 1 rings (SSSR count). The fourth-order valence-electron chi connectivity index (χ4n) is 1.84. The molecule has 0 bridgehead atoms. The van der Waals surface area contributed by atoms with Gasteiger partial charge in [-0.3, -0.25) is 19.2 Å². The molecule has 0 fully saturated rings. The summed E-state index contributed by atoms with van der Waals surface area (Å²) in [4.78, 5) is 48.8. The first kappa shape index (κ1) is 20.7. The smallest absolute Gasteiger partial charge is 0.306 e. The summed E-state index contributed by atoms with van der Waals surface area (Å²) in [7, 11) is 2.90. The summed E-state index contributed by atoms with van der Waals surface area (Å²) in [5.41, 5.74) is 0.534. The number of benzene rings is 1. The van der Waals surface area contributed by atoms with E-state index >= 15 is 0 Å². The van der Waals surface area contributed by atoms with Gasteiger partial charge in [0.1, 0.15) is 0 Å². The van der Waals surface area contributed by atoms with Gasteiger partial charge in [0.25, 0.3) is 5.91 Å². The Bertz CT molecular complexity index is 630. The third-order valence-corrected chi connectivity index (χ3v) is 4.15. The first-order valence-electron chi connectivity index (χ1n) is 7.64. The van der Waals surface area contributed by atoms with Gasteiger partial charge in [0.2, 0.25) is 5.91 Å². The molecule has 0 radical (unpaired) electrons. The van der Waals surface area contributed by atoms with Gasteiger partial charge in [-0.05, 0) is 18.4 Å². The van der Waals surface area contributed by atoms with Crippen LogP contribution in [-0.2, 0) is 19.1 Å². The Morgan fingerprint density at radius 1 is 1.12 bits per heavy atom. The highest BCUT2D eigenvalue weighted by Crippen LogP contribution is 2.16. The molecule has 1 aromatic rings. The highest BCUT2D eigenvalue weighted by molar-refractivity contribution is 7.98. The third kappa shape index (κ3) is 7.38. The summed E-state index contributed by atoms with van der Waals surface area (Å²) >= 11 is 1.58. The molecule has 0 aliphatic carbocycles. The molecule has 0 spiro atoms. The van der Waals surface area contributed by atoms with Gasteiger partial charge in [0, 0.05) is 31.0 Å². The van der Waals surface area contributed by atoms with Gasteiger partial charge in [-0.2, -0.15) is 0 Å². The zero-order chi connectivity index (χ0) is 18.8. The Morgan fingerprint density at radius 2 is 1.76 bits per heavy atom. The molecular weight excluding hydrogens is 344 g/mol. The number of rotatable bonds is 9. The van der Waals surface area contributed by atoms with Crippen molar-refractivity contribution < 1.29 is 23.9 Å². The van der Waals surface area contributed by atoms with Crippen LogP contribution in [-0.4, -0.2) is 62.0 Å². The second-order valence-corrected chi connectivity index (χ2v) is 6.11. The number of hydrogen-bond acceptors (Lipinski definition) is 6. The zero-order valence-electron chi connectivity index (χ0n) is 14.5. The molecule has 0 aromatic heterocycles. The average Bonchev–Trinajstić information content (AvgIpc) is 2.63. The van der Waals surface area contributed by atoms with E-state index in [1.807, 2.05) is 18.4 Å². The molecule has 0 aliphatic heterocycles. The van der Waals surface area contributed by atoms with Gasteiger partial charge in [0.05, 0.1) is 13.0 Å². The molecule has 8 heteroatoms. The van der Waals surface area contributed by atoms with Gasteiger partial charge in [-0.15, -0.1) is 11.8 Å². The van der Waals surface area contributed by atoms with Gasteiger partial charge in [-0.25, -0.2) is 0 Å². The summed E-state index contributed by atoms with van der Waals surface area (Å²) in [5, 5.41) is 2.39. The fourth-order valence-corrected chi connectivity index (χ4v) is 2.25. The summed E-state index contributed by atoms with van der Waals surface area (Å²) < 4.78 is 4.85. The van der Waals surface area contributed by atoms with E-state index in [1.165, 1.54) is 14.1 Å². The monoisotopic (exact) mass is 366 g/mol. The maximum absolute atomic E-state index is 12.0. The second kappa shape index (κ2) is 10.5. The molecule has 1 aromatic carbocycles. The Hall–Kier alpha value is -2.35. The Balaban J connectivity index is 2.35. The maximum Gasteiger partial charge on any atom is 0.306 e. The number of thioether (sulfide) groups is 1. The van der Waals surface area contributed by atoms with E-state index < -0.39 is 18.5 Å². The number of nitrogens with zero attached hydrogens (tertiary/aromatic N) is 1. The van der Waals surface area contributed by atoms with Crippen LogP contribution < -0.4 is 5.32 Å². The van der Waals surface area contributed by atoms with Crippen molar-refractivity contribution in [3.8, 4) is 0 Å². The van der Waals surface area contributed by atoms with Gasteiger partial charge < -0.3 is 15.0 Å². The number of ketones is 1. The standard InChI is InChI=1S/C17H22N2O5S/c1-18-15(21)10-19(2)16(22)11-24-17(23)9-8-14(20)12-4-6-13(25-3)7-5-12/h4-7H,8-11H2,1-3H3,(H,18,21).